The maximum Gasteiger partial charge on any atom is 0.138 e. The van der Waals surface area contributed by atoms with Crippen LogP contribution in [0.1, 0.15) is 0 Å². The van der Waals surface area contributed by atoms with Gasteiger partial charge in [-0.05, 0) is 93.9 Å². The van der Waals surface area contributed by atoms with Gasteiger partial charge in [0.15, 0.2) is 0 Å². The van der Waals surface area contributed by atoms with Crippen LogP contribution >= 0.6 is 0 Å². The van der Waals surface area contributed by atoms with E-state index in [-0.39, 0.29) is 0 Å². The number of nitrogens with zero attached hydrogens (tertiary/aromatic N) is 4. The molecule has 0 fully saturated rings. The minimum atomic E-state index is 0.922. The number of hydrogen-bond donors (Lipinski definition) is 0. The fourth-order valence-electron chi connectivity index (χ4n) is 8.87. The van der Waals surface area contributed by atoms with Crippen molar-refractivity contribution >= 4 is 65.3 Å². The van der Waals surface area contributed by atoms with E-state index in [1.165, 1.54) is 82.1 Å². The second-order valence-electron chi connectivity index (χ2n) is 13.8. The molecule has 0 amide bonds. The maximum absolute atomic E-state index is 5.30. The number of hydrogen-bond acceptors (Lipinski definition) is 2. The molecule has 7 aromatic carbocycles. The largest absolute Gasteiger partial charge is 0.309 e. The Labute approximate surface area is 298 Å². The van der Waals surface area contributed by atoms with Gasteiger partial charge in [0.1, 0.15) is 5.82 Å². The third-order valence-corrected chi connectivity index (χ3v) is 11.1. The molecule has 52 heavy (non-hydrogen) atoms. The standard InChI is InChI=1S/C48H28N4/c1-2-10-32(11-3-1)51-44-21-18-31(26-39(44)37-20-17-29-9-4-5-12-33(29)48(37)51)30-19-22-45-38(25-30)35-13-6-7-16-43(35)52(45)46-27-40-34-23-24-49-28-41(34)36-14-8-15-42(50-46)47(36)40/h1-28H. The second-order valence-corrected chi connectivity index (χ2v) is 13.8. The Morgan fingerprint density at radius 1 is 0.423 bits per heavy atom. The lowest BCUT2D eigenvalue weighted by atomic mass is 10.00. The third kappa shape index (κ3) is 3.70. The number of rotatable bonds is 3. The summed E-state index contributed by atoms with van der Waals surface area (Å²) in [5, 5.41) is 8.63. The minimum absolute atomic E-state index is 0.922. The molecule has 0 saturated heterocycles. The smallest absolute Gasteiger partial charge is 0.138 e. The maximum atomic E-state index is 5.30. The van der Waals surface area contributed by atoms with Gasteiger partial charge in [-0.1, -0.05) is 97.1 Å². The van der Waals surface area contributed by atoms with Crippen molar-refractivity contribution < 1.29 is 0 Å². The normalized spacial score (nSPS) is 12.2. The molecule has 1 aliphatic carbocycles. The topological polar surface area (TPSA) is 35.6 Å². The van der Waals surface area contributed by atoms with Crippen LogP contribution in [-0.4, -0.2) is 19.1 Å². The van der Waals surface area contributed by atoms with Gasteiger partial charge in [-0.15, -0.1) is 0 Å². The molecule has 0 N–H and O–H groups in total. The predicted octanol–water partition coefficient (Wildman–Crippen LogP) is 12.3. The van der Waals surface area contributed by atoms with Crippen LogP contribution in [0.3, 0.4) is 0 Å². The van der Waals surface area contributed by atoms with E-state index in [1.807, 2.05) is 12.4 Å². The molecule has 0 unspecified atom stereocenters. The van der Waals surface area contributed by atoms with Gasteiger partial charge in [0.05, 0.1) is 27.6 Å². The summed E-state index contributed by atoms with van der Waals surface area (Å²) in [6, 6.07) is 57.3. The zero-order valence-electron chi connectivity index (χ0n) is 28.0. The van der Waals surface area contributed by atoms with Gasteiger partial charge in [0, 0.05) is 56.0 Å². The highest BCUT2D eigenvalue weighted by Gasteiger charge is 2.24. The van der Waals surface area contributed by atoms with Gasteiger partial charge >= 0.3 is 0 Å². The van der Waals surface area contributed by atoms with Crippen LogP contribution in [0.5, 0.6) is 0 Å². The second kappa shape index (κ2) is 10.3. The highest BCUT2D eigenvalue weighted by atomic mass is 15.1. The van der Waals surface area contributed by atoms with Crippen molar-refractivity contribution in [2.45, 2.75) is 0 Å². The van der Waals surface area contributed by atoms with Crippen molar-refractivity contribution in [1.82, 2.24) is 19.1 Å². The lowest BCUT2D eigenvalue weighted by molar-refractivity contribution is 1.10. The van der Waals surface area contributed by atoms with E-state index in [2.05, 4.69) is 172 Å². The molecule has 0 bridgehead atoms. The van der Waals surface area contributed by atoms with Crippen LogP contribution in [0.15, 0.2) is 170 Å². The fourth-order valence-corrected chi connectivity index (χ4v) is 8.87. The molecule has 4 heteroatoms. The molecule has 1 aliphatic rings. The molecule has 4 nitrogen and oxygen atoms in total. The number of benzene rings is 7. The van der Waals surface area contributed by atoms with Crippen LogP contribution in [0.2, 0.25) is 0 Å². The van der Waals surface area contributed by atoms with Gasteiger partial charge in [-0.3, -0.25) is 9.55 Å². The predicted molar refractivity (Wildman–Crippen MR) is 216 cm³/mol. The van der Waals surface area contributed by atoms with Crippen molar-refractivity contribution in [3.05, 3.63) is 170 Å². The summed E-state index contributed by atoms with van der Waals surface area (Å²) < 4.78 is 4.76. The lowest BCUT2D eigenvalue weighted by Crippen LogP contribution is -1.98. The van der Waals surface area contributed by atoms with E-state index in [9.17, 15) is 0 Å². The van der Waals surface area contributed by atoms with Crippen LogP contribution in [-0.2, 0) is 0 Å². The molecular weight excluding hydrogens is 633 g/mol. The Balaban J connectivity index is 1.08. The van der Waals surface area contributed by atoms with E-state index >= 15 is 0 Å². The van der Waals surface area contributed by atoms with Crippen molar-refractivity contribution in [3.63, 3.8) is 0 Å². The van der Waals surface area contributed by atoms with Crippen molar-refractivity contribution in [1.29, 1.82) is 0 Å². The Morgan fingerprint density at radius 2 is 1.15 bits per heavy atom. The zero-order chi connectivity index (χ0) is 33.9. The van der Waals surface area contributed by atoms with E-state index in [4.69, 9.17) is 4.98 Å². The summed E-state index contributed by atoms with van der Waals surface area (Å²) in [5.41, 5.74) is 14.1. The van der Waals surface area contributed by atoms with E-state index in [0.717, 1.165) is 28.1 Å². The van der Waals surface area contributed by atoms with E-state index in [0.29, 0.717) is 0 Å². The molecule has 0 saturated carbocycles. The zero-order valence-corrected chi connectivity index (χ0v) is 28.0. The first-order valence-electron chi connectivity index (χ1n) is 17.7. The summed E-state index contributed by atoms with van der Waals surface area (Å²) in [7, 11) is 0. The first-order chi connectivity index (χ1) is 25.8. The average molecular weight is 661 g/mol. The highest BCUT2D eigenvalue weighted by molar-refractivity contribution is 6.20. The molecule has 0 radical (unpaired) electrons. The van der Waals surface area contributed by atoms with Gasteiger partial charge in [-0.25, -0.2) is 4.98 Å². The number of para-hydroxylation sites is 2. The molecule has 12 rings (SSSR count). The summed E-state index contributed by atoms with van der Waals surface area (Å²) >= 11 is 0. The van der Waals surface area contributed by atoms with Crippen LogP contribution in [0.25, 0.3) is 110 Å². The van der Waals surface area contributed by atoms with Gasteiger partial charge in [-0.2, -0.15) is 0 Å². The SMILES string of the molecule is c1ccc(-n2c3ccc(-c4ccc5c(c4)c4ccccc4n5-c4cc5c6c(cccc6n4)-c4cnccc4-5)cc3c3ccc4ccccc4c32)cc1. The third-order valence-electron chi connectivity index (χ3n) is 11.1. The highest BCUT2D eigenvalue weighted by Crippen LogP contribution is 2.47. The van der Waals surface area contributed by atoms with Gasteiger partial charge in [0.2, 0.25) is 0 Å². The van der Waals surface area contributed by atoms with Gasteiger partial charge < -0.3 is 4.57 Å². The summed E-state index contributed by atoms with van der Waals surface area (Å²) in [4.78, 5) is 9.74. The molecule has 4 heterocycles. The Kier molecular flexibility index (Phi) is 5.47. The summed E-state index contributed by atoms with van der Waals surface area (Å²) in [5.74, 6) is 0.922. The minimum Gasteiger partial charge on any atom is -0.309 e. The van der Waals surface area contributed by atoms with Crippen molar-refractivity contribution in [2.75, 3.05) is 0 Å². The number of fused-ring (bicyclic) bond motifs is 11. The molecule has 0 spiro atoms. The number of aromatic nitrogens is 4. The Bertz CT molecular complexity index is 3290. The molecule has 0 aliphatic heterocycles. The summed E-state index contributed by atoms with van der Waals surface area (Å²) in [6.07, 6.45) is 3.86. The quantitative estimate of drug-likeness (QED) is 0.189. The first kappa shape index (κ1) is 27.7. The number of pyridine rings is 2. The van der Waals surface area contributed by atoms with Crippen molar-refractivity contribution in [3.8, 4) is 44.9 Å². The van der Waals surface area contributed by atoms with E-state index in [1.54, 1.807) is 0 Å². The van der Waals surface area contributed by atoms with Crippen LogP contribution in [0.4, 0.5) is 0 Å². The Morgan fingerprint density at radius 3 is 2.02 bits per heavy atom. The molecule has 4 aromatic heterocycles. The van der Waals surface area contributed by atoms with Crippen LogP contribution in [0, 0.1) is 0 Å². The Hall–Kier alpha value is -7.04. The van der Waals surface area contributed by atoms with Crippen LogP contribution < -0.4 is 0 Å². The fraction of sp³-hybridized carbons (Fsp3) is 0. The van der Waals surface area contributed by atoms with Crippen molar-refractivity contribution in [2.24, 2.45) is 0 Å². The van der Waals surface area contributed by atoms with Gasteiger partial charge in [0.25, 0.3) is 0 Å². The average Bonchev–Trinajstić information content (AvgIpc) is 3.84. The lowest BCUT2D eigenvalue weighted by Gasteiger charge is -2.11. The molecular formula is C48H28N4. The summed E-state index contributed by atoms with van der Waals surface area (Å²) in [6.45, 7) is 0. The van der Waals surface area contributed by atoms with E-state index < -0.39 is 0 Å². The first-order valence-corrected chi connectivity index (χ1v) is 17.7. The molecule has 11 aromatic rings. The molecule has 240 valence electrons. The monoisotopic (exact) mass is 660 g/mol. The molecule has 0 atom stereocenters.